The third-order valence-corrected chi connectivity index (χ3v) is 5.27. The van der Waals surface area contributed by atoms with Gasteiger partial charge in [0.05, 0.1) is 12.7 Å². The monoisotopic (exact) mass is 346 g/mol. The molecule has 0 bridgehead atoms. The predicted molar refractivity (Wildman–Crippen MR) is 98.1 cm³/mol. The van der Waals surface area contributed by atoms with Gasteiger partial charge in [0, 0.05) is 18.0 Å². The number of ether oxygens (including phenoxy) is 1. The Balaban J connectivity index is 1.89. The van der Waals surface area contributed by atoms with E-state index < -0.39 is 0 Å². The molecule has 120 valence electrons. The summed E-state index contributed by atoms with van der Waals surface area (Å²) in [5.41, 5.74) is 1.60. The quantitative estimate of drug-likeness (QED) is 0.672. The van der Waals surface area contributed by atoms with E-state index in [2.05, 4.69) is 10.2 Å². The van der Waals surface area contributed by atoms with E-state index >= 15 is 0 Å². The second kappa shape index (κ2) is 7.10. The zero-order chi connectivity index (χ0) is 16.2. The lowest BCUT2D eigenvalue weighted by molar-refractivity contribution is 0.0602. The molecule has 2 heterocycles. The van der Waals surface area contributed by atoms with Crippen LogP contribution in [0.4, 0.5) is 5.00 Å². The Hall–Kier alpha value is -1.92. The van der Waals surface area contributed by atoms with Crippen molar-refractivity contribution in [3.05, 3.63) is 42.0 Å². The first-order chi connectivity index (χ1) is 11.2. The van der Waals surface area contributed by atoms with Crippen LogP contribution in [0.15, 0.2) is 36.4 Å². The molecule has 6 heteroatoms. The van der Waals surface area contributed by atoms with Gasteiger partial charge >= 0.3 is 5.97 Å². The topological polar surface area (TPSA) is 41.6 Å². The fourth-order valence-corrected chi connectivity index (χ4v) is 3.99. The van der Waals surface area contributed by atoms with Gasteiger partial charge in [-0.1, -0.05) is 30.3 Å². The highest BCUT2D eigenvalue weighted by molar-refractivity contribution is 7.80. The molecule has 0 saturated carbocycles. The Kier molecular flexibility index (Phi) is 4.93. The van der Waals surface area contributed by atoms with Crippen molar-refractivity contribution in [2.24, 2.45) is 0 Å². The molecule has 1 aromatic heterocycles. The molecule has 3 rings (SSSR count). The molecule has 1 saturated heterocycles. The summed E-state index contributed by atoms with van der Waals surface area (Å²) in [5, 5.41) is 4.65. The molecule has 2 aromatic rings. The standard InChI is InChI=1S/C17H18N2O2S2/c1-21-16(20)13-11-14(12-7-3-2-4-8-12)23-15(13)18-17(22)19-9-5-6-10-19/h2-4,7-8,11H,5-6,9-10H2,1H3,(H,18,22). The van der Waals surface area contributed by atoms with E-state index in [1.807, 2.05) is 36.4 Å². The minimum Gasteiger partial charge on any atom is -0.465 e. The van der Waals surface area contributed by atoms with Crippen LogP contribution in [0, 0.1) is 0 Å². The first-order valence-electron chi connectivity index (χ1n) is 7.52. The molecule has 0 spiro atoms. The number of esters is 1. The number of benzene rings is 1. The van der Waals surface area contributed by atoms with E-state index in [4.69, 9.17) is 17.0 Å². The second-order valence-electron chi connectivity index (χ2n) is 5.34. The Labute approximate surface area is 145 Å². The maximum atomic E-state index is 12.1. The maximum Gasteiger partial charge on any atom is 0.340 e. The van der Waals surface area contributed by atoms with Gasteiger partial charge in [-0.25, -0.2) is 4.79 Å². The Morgan fingerprint density at radius 1 is 1.26 bits per heavy atom. The molecule has 1 fully saturated rings. The largest absolute Gasteiger partial charge is 0.465 e. The maximum absolute atomic E-state index is 12.1. The van der Waals surface area contributed by atoms with Crippen molar-refractivity contribution in [3.63, 3.8) is 0 Å². The first-order valence-corrected chi connectivity index (χ1v) is 8.75. The van der Waals surface area contributed by atoms with Crippen molar-refractivity contribution in [2.45, 2.75) is 12.8 Å². The summed E-state index contributed by atoms with van der Waals surface area (Å²) < 4.78 is 4.90. The van der Waals surface area contributed by atoms with E-state index in [1.54, 1.807) is 0 Å². The number of likely N-dealkylation sites (tertiary alicyclic amines) is 1. The molecule has 0 aliphatic carbocycles. The highest BCUT2D eigenvalue weighted by atomic mass is 32.1. The molecular formula is C17H18N2O2S2. The molecule has 1 aliphatic rings. The average molecular weight is 346 g/mol. The fourth-order valence-electron chi connectivity index (χ4n) is 2.59. The molecule has 0 amide bonds. The first kappa shape index (κ1) is 16.0. The van der Waals surface area contributed by atoms with Gasteiger partial charge in [-0.15, -0.1) is 11.3 Å². The SMILES string of the molecule is COC(=O)c1cc(-c2ccccc2)sc1NC(=S)N1CCCC1. The number of carbonyl (C=O) groups is 1. The van der Waals surface area contributed by atoms with Crippen LogP contribution in [0.2, 0.25) is 0 Å². The summed E-state index contributed by atoms with van der Waals surface area (Å²) >= 11 is 6.99. The van der Waals surface area contributed by atoms with Crippen LogP contribution in [-0.4, -0.2) is 36.2 Å². The lowest BCUT2D eigenvalue weighted by Gasteiger charge is -2.19. The molecule has 1 N–H and O–H groups in total. The van der Waals surface area contributed by atoms with Crippen LogP contribution >= 0.6 is 23.6 Å². The number of hydrogen-bond donors (Lipinski definition) is 1. The van der Waals surface area contributed by atoms with Crippen LogP contribution in [0.1, 0.15) is 23.2 Å². The molecule has 0 atom stereocenters. The molecule has 23 heavy (non-hydrogen) atoms. The third kappa shape index (κ3) is 3.54. The molecule has 0 radical (unpaired) electrons. The van der Waals surface area contributed by atoms with Crippen molar-refractivity contribution in [3.8, 4) is 10.4 Å². The molecular weight excluding hydrogens is 328 g/mol. The summed E-state index contributed by atoms with van der Waals surface area (Å²) in [5.74, 6) is -0.352. The number of methoxy groups -OCH3 is 1. The molecule has 1 aliphatic heterocycles. The highest BCUT2D eigenvalue weighted by Gasteiger charge is 2.21. The van der Waals surface area contributed by atoms with Gasteiger partial charge in [0.1, 0.15) is 5.00 Å². The number of thiocarbonyl (C=S) groups is 1. The number of carbonyl (C=O) groups excluding carboxylic acids is 1. The molecule has 1 aromatic carbocycles. The van der Waals surface area contributed by atoms with Crippen LogP contribution in [0.25, 0.3) is 10.4 Å². The van der Waals surface area contributed by atoms with Crippen LogP contribution in [-0.2, 0) is 4.74 Å². The lowest BCUT2D eigenvalue weighted by atomic mass is 10.1. The van der Waals surface area contributed by atoms with E-state index in [0.29, 0.717) is 10.7 Å². The highest BCUT2D eigenvalue weighted by Crippen LogP contribution is 2.36. The van der Waals surface area contributed by atoms with Gasteiger partial charge in [0.2, 0.25) is 0 Å². The van der Waals surface area contributed by atoms with E-state index in [1.165, 1.54) is 18.4 Å². The van der Waals surface area contributed by atoms with Crippen molar-refractivity contribution in [1.29, 1.82) is 0 Å². The second-order valence-corrected chi connectivity index (χ2v) is 6.77. The number of anilines is 1. The van der Waals surface area contributed by atoms with Crippen LogP contribution in [0.3, 0.4) is 0 Å². The summed E-state index contributed by atoms with van der Waals surface area (Å²) in [6.07, 6.45) is 2.32. The summed E-state index contributed by atoms with van der Waals surface area (Å²) in [6, 6.07) is 11.8. The van der Waals surface area contributed by atoms with Crippen LogP contribution < -0.4 is 5.32 Å². The van der Waals surface area contributed by atoms with Crippen molar-refractivity contribution < 1.29 is 9.53 Å². The van der Waals surface area contributed by atoms with Gasteiger partial charge < -0.3 is 15.0 Å². The normalized spacial score (nSPS) is 13.9. The Morgan fingerprint density at radius 2 is 1.96 bits per heavy atom. The number of hydrogen-bond acceptors (Lipinski definition) is 4. The third-order valence-electron chi connectivity index (χ3n) is 3.81. The van der Waals surface area contributed by atoms with Crippen LogP contribution in [0.5, 0.6) is 0 Å². The van der Waals surface area contributed by atoms with Crippen molar-refractivity contribution in [1.82, 2.24) is 4.90 Å². The predicted octanol–water partition coefficient (Wildman–Crippen LogP) is 3.99. The Bertz CT molecular complexity index is 707. The summed E-state index contributed by atoms with van der Waals surface area (Å²) in [7, 11) is 1.39. The van der Waals surface area contributed by atoms with E-state index in [0.717, 1.165) is 41.4 Å². The average Bonchev–Trinajstić information content (AvgIpc) is 3.25. The van der Waals surface area contributed by atoms with Crippen molar-refractivity contribution in [2.75, 3.05) is 25.5 Å². The van der Waals surface area contributed by atoms with Crippen molar-refractivity contribution >= 4 is 39.6 Å². The number of nitrogens with one attached hydrogen (secondary N) is 1. The zero-order valence-corrected chi connectivity index (χ0v) is 14.5. The molecule has 0 unspecified atom stereocenters. The van der Waals surface area contributed by atoms with Gasteiger partial charge in [-0.2, -0.15) is 0 Å². The number of nitrogens with zero attached hydrogens (tertiary/aromatic N) is 1. The van der Waals surface area contributed by atoms with Gasteiger partial charge in [-0.05, 0) is 36.7 Å². The minimum absolute atomic E-state index is 0.352. The number of rotatable bonds is 3. The van der Waals surface area contributed by atoms with Gasteiger partial charge in [0.25, 0.3) is 0 Å². The fraction of sp³-hybridized carbons (Fsp3) is 0.294. The van der Waals surface area contributed by atoms with E-state index in [9.17, 15) is 4.79 Å². The molecule has 4 nitrogen and oxygen atoms in total. The van der Waals surface area contributed by atoms with Gasteiger partial charge in [0.15, 0.2) is 5.11 Å². The summed E-state index contributed by atoms with van der Waals surface area (Å²) in [6.45, 7) is 1.94. The number of thiophene rings is 1. The smallest absolute Gasteiger partial charge is 0.340 e. The minimum atomic E-state index is -0.352. The Morgan fingerprint density at radius 3 is 2.61 bits per heavy atom. The van der Waals surface area contributed by atoms with E-state index in [-0.39, 0.29) is 5.97 Å². The van der Waals surface area contributed by atoms with Gasteiger partial charge in [-0.3, -0.25) is 0 Å². The zero-order valence-electron chi connectivity index (χ0n) is 12.9. The lowest BCUT2D eigenvalue weighted by Crippen LogP contribution is -2.32. The summed E-state index contributed by atoms with van der Waals surface area (Å²) in [4.78, 5) is 15.2.